The topological polar surface area (TPSA) is 82.6 Å². The van der Waals surface area contributed by atoms with Crippen LogP contribution in [0, 0.1) is 0 Å². The number of pyridine rings is 1. The molecule has 9 nitrogen and oxygen atoms in total. The van der Waals surface area contributed by atoms with Crippen LogP contribution in [-0.2, 0) is 11.3 Å². The van der Waals surface area contributed by atoms with E-state index in [1.165, 1.54) is 0 Å². The van der Waals surface area contributed by atoms with E-state index in [1.807, 2.05) is 62.2 Å². The van der Waals surface area contributed by atoms with Crippen LogP contribution in [0.4, 0.5) is 10.5 Å². The molecule has 1 aliphatic heterocycles. The van der Waals surface area contributed by atoms with Crippen LogP contribution in [-0.4, -0.2) is 68.6 Å². The first-order valence-corrected chi connectivity index (χ1v) is 15.4. The van der Waals surface area contributed by atoms with E-state index < -0.39 is 5.60 Å². The van der Waals surface area contributed by atoms with E-state index in [0.29, 0.717) is 43.5 Å². The Morgan fingerprint density at radius 3 is 2.18 bits per heavy atom. The van der Waals surface area contributed by atoms with Crippen molar-refractivity contribution in [2.45, 2.75) is 71.6 Å². The second-order valence-corrected chi connectivity index (χ2v) is 12.0. The quantitative estimate of drug-likeness (QED) is 0.198. The summed E-state index contributed by atoms with van der Waals surface area (Å²) in [7, 11) is 4.81. The number of carbonyl (C=O) groups excluding carboxylic acids is 1. The minimum absolute atomic E-state index is 0.235. The van der Waals surface area contributed by atoms with Gasteiger partial charge >= 0.3 is 6.09 Å². The number of unbranched alkanes of at least 4 members (excludes halogenated alkanes) is 1. The first-order chi connectivity index (χ1) is 21.1. The summed E-state index contributed by atoms with van der Waals surface area (Å²) in [5, 5.41) is 0. The summed E-state index contributed by atoms with van der Waals surface area (Å²) in [6.07, 6.45) is 5.37. The van der Waals surface area contributed by atoms with E-state index >= 15 is 0 Å². The largest absolute Gasteiger partial charge is 0.494 e. The monoisotopic (exact) mass is 605 g/mol. The van der Waals surface area contributed by atoms with E-state index in [-0.39, 0.29) is 12.1 Å². The number of methoxy groups -OCH3 is 3. The van der Waals surface area contributed by atoms with Crippen molar-refractivity contribution in [1.82, 2.24) is 9.88 Å². The number of carbonyl (C=O) groups is 1. The number of anilines is 1. The van der Waals surface area contributed by atoms with E-state index in [9.17, 15) is 4.79 Å². The number of hydrogen-bond donors (Lipinski definition) is 0. The van der Waals surface area contributed by atoms with E-state index in [1.54, 1.807) is 21.3 Å². The molecule has 4 rings (SSSR count). The lowest BCUT2D eigenvalue weighted by Crippen LogP contribution is -2.48. The summed E-state index contributed by atoms with van der Waals surface area (Å²) in [5.74, 6) is 2.57. The lowest BCUT2D eigenvalue weighted by molar-refractivity contribution is 0.0204. The zero-order chi connectivity index (χ0) is 31.7. The second kappa shape index (κ2) is 15.0. The Hall–Kier alpha value is -4.14. The van der Waals surface area contributed by atoms with Crippen LogP contribution >= 0.6 is 0 Å². The van der Waals surface area contributed by atoms with Crippen LogP contribution < -0.4 is 23.8 Å². The van der Waals surface area contributed by atoms with Crippen molar-refractivity contribution in [3.05, 3.63) is 60.3 Å². The fourth-order valence-electron chi connectivity index (χ4n) is 5.34. The van der Waals surface area contributed by atoms with Gasteiger partial charge in [-0.25, -0.2) is 4.79 Å². The Morgan fingerprint density at radius 2 is 1.61 bits per heavy atom. The SMILES string of the molecule is CCCCOc1ccc(N(Cc2ccnc(-c3cc(OC)c(OC)c(OC)c3)c2)C2CCN(C(=O)OC(C)(C)C)CC2)cc1. The van der Waals surface area contributed by atoms with Crippen LogP contribution in [0.2, 0.25) is 0 Å². The normalized spacial score (nSPS) is 13.8. The van der Waals surface area contributed by atoms with Gasteiger partial charge in [0, 0.05) is 43.1 Å². The third-order valence-electron chi connectivity index (χ3n) is 7.63. The number of aromatic nitrogens is 1. The second-order valence-electron chi connectivity index (χ2n) is 12.0. The molecule has 0 spiro atoms. The maximum Gasteiger partial charge on any atom is 0.410 e. The Morgan fingerprint density at radius 1 is 0.955 bits per heavy atom. The fourth-order valence-corrected chi connectivity index (χ4v) is 5.34. The molecule has 2 heterocycles. The molecule has 1 saturated heterocycles. The van der Waals surface area contributed by atoms with Gasteiger partial charge in [0.2, 0.25) is 5.75 Å². The summed E-state index contributed by atoms with van der Waals surface area (Å²) < 4.78 is 28.2. The number of amides is 1. The Labute approximate surface area is 262 Å². The molecule has 44 heavy (non-hydrogen) atoms. The number of rotatable bonds is 12. The summed E-state index contributed by atoms with van der Waals surface area (Å²) in [6.45, 7) is 10.5. The summed E-state index contributed by atoms with van der Waals surface area (Å²) in [4.78, 5) is 21.7. The Balaban J connectivity index is 1.59. The zero-order valence-electron chi connectivity index (χ0n) is 27.2. The van der Waals surface area contributed by atoms with Gasteiger partial charge in [-0.3, -0.25) is 4.98 Å². The number of likely N-dealkylation sites (tertiary alicyclic amines) is 1. The molecule has 1 amide bonds. The summed E-state index contributed by atoms with van der Waals surface area (Å²) in [5.41, 5.74) is 3.38. The van der Waals surface area contributed by atoms with Gasteiger partial charge in [-0.1, -0.05) is 13.3 Å². The van der Waals surface area contributed by atoms with Gasteiger partial charge in [-0.2, -0.15) is 0 Å². The maximum atomic E-state index is 12.7. The molecule has 2 aromatic carbocycles. The van der Waals surface area contributed by atoms with Crippen LogP contribution in [0.5, 0.6) is 23.0 Å². The van der Waals surface area contributed by atoms with Gasteiger partial charge in [-0.15, -0.1) is 0 Å². The fraction of sp³-hybridized carbons (Fsp3) is 0.486. The molecule has 0 N–H and O–H groups in total. The van der Waals surface area contributed by atoms with Crippen LogP contribution in [0.1, 0.15) is 58.9 Å². The molecular formula is C35H47N3O6. The summed E-state index contributed by atoms with van der Waals surface area (Å²) >= 11 is 0. The van der Waals surface area contributed by atoms with Crippen LogP contribution in [0.3, 0.4) is 0 Å². The third kappa shape index (κ3) is 8.49. The van der Waals surface area contributed by atoms with Gasteiger partial charge in [0.15, 0.2) is 11.5 Å². The number of benzene rings is 2. The van der Waals surface area contributed by atoms with E-state index in [2.05, 4.69) is 35.0 Å². The van der Waals surface area contributed by atoms with Gasteiger partial charge in [0.05, 0.1) is 33.6 Å². The Bertz CT molecular complexity index is 1340. The first-order valence-electron chi connectivity index (χ1n) is 15.4. The highest BCUT2D eigenvalue weighted by Crippen LogP contribution is 2.41. The molecular weight excluding hydrogens is 558 g/mol. The van der Waals surface area contributed by atoms with Crippen molar-refractivity contribution in [2.24, 2.45) is 0 Å². The minimum atomic E-state index is -0.516. The van der Waals surface area contributed by atoms with Crippen LogP contribution in [0.25, 0.3) is 11.3 Å². The van der Waals surface area contributed by atoms with Crippen LogP contribution in [0.15, 0.2) is 54.7 Å². The van der Waals surface area contributed by atoms with Crippen molar-refractivity contribution >= 4 is 11.8 Å². The molecule has 1 aliphatic rings. The Kier molecular flexibility index (Phi) is 11.2. The number of hydrogen-bond acceptors (Lipinski definition) is 8. The average Bonchev–Trinajstić information content (AvgIpc) is 3.03. The predicted molar refractivity (Wildman–Crippen MR) is 173 cm³/mol. The van der Waals surface area contributed by atoms with E-state index in [0.717, 1.165) is 53.9 Å². The van der Waals surface area contributed by atoms with Crippen molar-refractivity contribution in [3.8, 4) is 34.3 Å². The smallest absolute Gasteiger partial charge is 0.410 e. The molecule has 1 fully saturated rings. The van der Waals surface area contributed by atoms with Gasteiger partial charge < -0.3 is 33.5 Å². The van der Waals surface area contributed by atoms with Gasteiger partial charge in [-0.05, 0) is 94.1 Å². The average molecular weight is 606 g/mol. The van der Waals surface area contributed by atoms with Crippen molar-refractivity contribution in [2.75, 3.05) is 45.9 Å². The lowest BCUT2D eigenvalue weighted by atomic mass is 10.0. The number of ether oxygens (including phenoxy) is 5. The number of nitrogens with zero attached hydrogens (tertiary/aromatic N) is 3. The van der Waals surface area contributed by atoms with Gasteiger partial charge in [0.1, 0.15) is 11.4 Å². The van der Waals surface area contributed by atoms with E-state index in [4.69, 9.17) is 23.7 Å². The molecule has 0 bridgehead atoms. The molecule has 0 saturated carbocycles. The standard InChI is InChI=1S/C35H47N3O6/c1-8-9-20-43-29-12-10-27(11-13-29)38(28-15-18-37(19-16-28)34(39)44-35(2,3)4)24-25-14-17-36-30(21-25)26-22-31(40-5)33(42-7)32(23-26)41-6/h10-14,17,21-23,28H,8-9,15-16,18-20,24H2,1-7H3. The minimum Gasteiger partial charge on any atom is -0.494 e. The molecule has 0 unspecified atom stereocenters. The third-order valence-corrected chi connectivity index (χ3v) is 7.63. The zero-order valence-corrected chi connectivity index (χ0v) is 27.2. The molecule has 0 radical (unpaired) electrons. The maximum absolute atomic E-state index is 12.7. The highest BCUT2D eigenvalue weighted by molar-refractivity contribution is 5.69. The predicted octanol–water partition coefficient (Wildman–Crippen LogP) is 7.36. The van der Waals surface area contributed by atoms with Crippen molar-refractivity contribution in [3.63, 3.8) is 0 Å². The molecule has 1 aromatic heterocycles. The molecule has 238 valence electrons. The number of piperidine rings is 1. The molecule has 0 atom stereocenters. The molecule has 9 heteroatoms. The highest BCUT2D eigenvalue weighted by atomic mass is 16.6. The van der Waals surface area contributed by atoms with Crippen molar-refractivity contribution in [1.29, 1.82) is 0 Å². The summed E-state index contributed by atoms with van der Waals surface area (Å²) in [6, 6.07) is 16.6. The molecule has 3 aromatic rings. The van der Waals surface area contributed by atoms with Crippen molar-refractivity contribution < 1.29 is 28.5 Å². The highest BCUT2D eigenvalue weighted by Gasteiger charge is 2.30. The van der Waals surface area contributed by atoms with Gasteiger partial charge in [0.25, 0.3) is 0 Å². The lowest BCUT2D eigenvalue weighted by Gasteiger charge is -2.40. The first kappa shape index (κ1) is 32.8. The molecule has 0 aliphatic carbocycles.